The minimum absolute atomic E-state index is 0.112. The molecule has 1 atom stereocenters. The van der Waals surface area contributed by atoms with E-state index in [4.69, 9.17) is 23.2 Å². The maximum atomic E-state index is 13.1. The Bertz CT molecular complexity index is 986. The summed E-state index contributed by atoms with van der Waals surface area (Å²) in [5.41, 5.74) is 3.10. The summed E-state index contributed by atoms with van der Waals surface area (Å²) in [5.74, 6) is 0.464. The number of fused-ring (bicyclic) bond motifs is 1. The number of carbonyl (C=O) groups is 1. The molecule has 1 amide bonds. The van der Waals surface area contributed by atoms with Crippen molar-refractivity contribution in [3.8, 4) is 0 Å². The fourth-order valence-electron chi connectivity index (χ4n) is 3.12. The zero-order valence-corrected chi connectivity index (χ0v) is 15.4. The zero-order valence-electron chi connectivity index (χ0n) is 13.9. The molecule has 0 saturated carbocycles. The van der Waals surface area contributed by atoms with E-state index in [0.29, 0.717) is 27.1 Å². The molecule has 130 valence electrons. The van der Waals surface area contributed by atoms with E-state index in [1.54, 1.807) is 29.3 Å². The Kier molecular flexibility index (Phi) is 4.31. The van der Waals surface area contributed by atoms with Crippen molar-refractivity contribution < 1.29 is 4.79 Å². The van der Waals surface area contributed by atoms with Gasteiger partial charge in [-0.3, -0.25) is 9.69 Å². The lowest BCUT2D eigenvalue weighted by Gasteiger charge is -2.27. The third-order valence-electron chi connectivity index (χ3n) is 4.35. The van der Waals surface area contributed by atoms with Crippen LogP contribution in [0.3, 0.4) is 0 Å². The summed E-state index contributed by atoms with van der Waals surface area (Å²) in [7, 11) is 0. The van der Waals surface area contributed by atoms with Crippen LogP contribution >= 0.6 is 23.2 Å². The second-order valence-electron chi connectivity index (χ2n) is 6.10. The first-order chi connectivity index (χ1) is 12.6. The van der Waals surface area contributed by atoms with Crippen LogP contribution in [-0.4, -0.2) is 10.9 Å². The van der Waals surface area contributed by atoms with Gasteiger partial charge in [0.1, 0.15) is 12.0 Å². The lowest BCUT2D eigenvalue weighted by Crippen LogP contribution is -2.33. The number of nitrogens with one attached hydrogen (secondary N) is 1. The molecule has 1 aromatic heterocycles. The SMILES string of the molecule is Cc1ccnc(N2C(=O)c3ccccc3C2Nc2c(Cl)cccc2Cl)c1. The van der Waals surface area contributed by atoms with Crippen molar-refractivity contribution >= 4 is 40.6 Å². The number of nitrogens with zero attached hydrogens (tertiary/aromatic N) is 2. The van der Waals surface area contributed by atoms with Gasteiger partial charge in [0.15, 0.2) is 0 Å². The van der Waals surface area contributed by atoms with Gasteiger partial charge in [0.05, 0.1) is 15.7 Å². The lowest BCUT2D eigenvalue weighted by molar-refractivity contribution is 0.0992. The first kappa shape index (κ1) is 16.9. The highest BCUT2D eigenvalue weighted by Gasteiger charge is 2.38. The van der Waals surface area contributed by atoms with Gasteiger partial charge in [0.25, 0.3) is 5.91 Å². The van der Waals surface area contributed by atoms with E-state index in [0.717, 1.165) is 11.1 Å². The van der Waals surface area contributed by atoms with Crippen molar-refractivity contribution in [1.82, 2.24) is 4.98 Å². The number of hydrogen-bond acceptors (Lipinski definition) is 3. The van der Waals surface area contributed by atoms with E-state index in [-0.39, 0.29) is 5.91 Å². The summed E-state index contributed by atoms with van der Waals surface area (Å²) in [6.45, 7) is 1.96. The van der Waals surface area contributed by atoms with Gasteiger partial charge in [0.2, 0.25) is 0 Å². The van der Waals surface area contributed by atoms with E-state index in [9.17, 15) is 4.79 Å². The molecule has 0 radical (unpaired) electrons. The normalized spacial score (nSPS) is 15.9. The van der Waals surface area contributed by atoms with Gasteiger partial charge in [-0.1, -0.05) is 47.5 Å². The average molecular weight is 384 g/mol. The van der Waals surface area contributed by atoms with E-state index in [2.05, 4.69) is 10.3 Å². The number of carbonyl (C=O) groups excluding carboxylic acids is 1. The first-order valence-corrected chi connectivity index (χ1v) is 8.87. The van der Waals surface area contributed by atoms with Crippen molar-refractivity contribution in [2.24, 2.45) is 0 Å². The maximum Gasteiger partial charge on any atom is 0.261 e. The summed E-state index contributed by atoms with van der Waals surface area (Å²) < 4.78 is 0. The third kappa shape index (κ3) is 2.81. The molecule has 0 saturated heterocycles. The summed E-state index contributed by atoms with van der Waals surface area (Å²) in [5, 5.41) is 4.32. The number of hydrogen-bond donors (Lipinski definition) is 1. The molecule has 0 fully saturated rings. The van der Waals surface area contributed by atoms with Gasteiger partial charge in [-0.15, -0.1) is 0 Å². The summed E-state index contributed by atoms with van der Waals surface area (Å²) in [6.07, 6.45) is 1.24. The molecule has 2 heterocycles. The Morgan fingerprint density at radius 3 is 2.50 bits per heavy atom. The quantitative estimate of drug-likeness (QED) is 0.652. The van der Waals surface area contributed by atoms with Crippen molar-refractivity contribution in [3.63, 3.8) is 0 Å². The minimum atomic E-state index is -0.453. The number of anilines is 2. The molecule has 0 aliphatic carbocycles. The highest BCUT2D eigenvalue weighted by Crippen LogP contribution is 2.40. The maximum absolute atomic E-state index is 13.1. The molecular formula is C20H15Cl2N3O. The van der Waals surface area contributed by atoms with Gasteiger partial charge in [-0.2, -0.15) is 0 Å². The summed E-state index contributed by atoms with van der Waals surface area (Å²) >= 11 is 12.6. The lowest BCUT2D eigenvalue weighted by atomic mass is 10.1. The Labute approximate surface area is 161 Å². The average Bonchev–Trinajstić information content (AvgIpc) is 2.91. The smallest absolute Gasteiger partial charge is 0.261 e. The van der Waals surface area contributed by atoms with Crippen molar-refractivity contribution in [2.75, 3.05) is 10.2 Å². The van der Waals surface area contributed by atoms with Crippen LogP contribution in [0.4, 0.5) is 11.5 Å². The number of aryl methyl sites for hydroxylation is 1. The number of halogens is 2. The second-order valence-corrected chi connectivity index (χ2v) is 6.91. The summed E-state index contributed by atoms with van der Waals surface area (Å²) in [6, 6.07) is 16.6. The molecule has 3 aromatic rings. The highest BCUT2D eigenvalue weighted by molar-refractivity contribution is 6.39. The Morgan fingerprint density at radius 2 is 1.77 bits per heavy atom. The van der Waals surface area contributed by atoms with Crippen LogP contribution in [0.1, 0.15) is 27.7 Å². The van der Waals surface area contributed by atoms with Crippen LogP contribution in [0, 0.1) is 6.92 Å². The van der Waals surface area contributed by atoms with E-state index in [1.807, 2.05) is 43.3 Å². The van der Waals surface area contributed by atoms with Crippen LogP contribution < -0.4 is 10.2 Å². The predicted octanol–water partition coefficient (Wildman–Crippen LogP) is 5.47. The van der Waals surface area contributed by atoms with Crippen LogP contribution in [0.25, 0.3) is 0 Å². The number of amides is 1. The summed E-state index contributed by atoms with van der Waals surface area (Å²) in [4.78, 5) is 19.1. The number of rotatable bonds is 3. The van der Waals surface area contributed by atoms with Crippen LogP contribution in [0.2, 0.25) is 10.0 Å². The first-order valence-electron chi connectivity index (χ1n) is 8.12. The topological polar surface area (TPSA) is 45.2 Å². The number of aromatic nitrogens is 1. The molecule has 4 nitrogen and oxygen atoms in total. The number of para-hydroxylation sites is 1. The molecule has 0 spiro atoms. The van der Waals surface area contributed by atoms with Crippen LogP contribution in [-0.2, 0) is 0 Å². The van der Waals surface area contributed by atoms with Crippen molar-refractivity contribution in [3.05, 3.63) is 87.5 Å². The molecule has 1 aliphatic heterocycles. The van der Waals surface area contributed by atoms with Gasteiger partial charge in [-0.25, -0.2) is 4.98 Å². The van der Waals surface area contributed by atoms with Crippen molar-refractivity contribution in [1.29, 1.82) is 0 Å². The fraction of sp³-hybridized carbons (Fsp3) is 0.100. The van der Waals surface area contributed by atoms with Gasteiger partial charge < -0.3 is 5.32 Å². The van der Waals surface area contributed by atoms with Crippen molar-refractivity contribution in [2.45, 2.75) is 13.1 Å². The molecule has 1 aliphatic rings. The van der Waals surface area contributed by atoms with E-state index >= 15 is 0 Å². The van der Waals surface area contributed by atoms with Crippen LogP contribution in [0.15, 0.2) is 60.8 Å². The molecule has 0 bridgehead atoms. The monoisotopic (exact) mass is 383 g/mol. The fourth-order valence-corrected chi connectivity index (χ4v) is 3.63. The Hall–Kier alpha value is -2.56. The molecule has 1 N–H and O–H groups in total. The van der Waals surface area contributed by atoms with Crippen LogP contribution in [0.5, 0.6) is 0 Å². The van der Waals surface area contributed by atoms with Gasteiger partial charge >= 0.3 is 0 Å². The van der Waals surface area contributed by atoms with E-state index in [1.165, 1.54) is 0 Å². The Morgan fingerprint density at radius 1 is 1.04 bits per heavy atom. The van der Waals surface area contributed by atoms with Gasteiger partial charge in [-0.05, 0) is 42.8 Å². The zero-order chi connectivity index (χ0) is 18.3. The van der Waals surface area contributed by atoms with E-state index < -0.39 is 6.17 Å². The largest absolute Gasteiger partial charge is 0.359 e. The Balaban J connectivity index is 1.84. The number of pyridine rings is 1. The highest BCUT2D eigenvalue weighted by atomic mass is 35.5. The minimum Gasteiger partial charge on any atom is -0.359 e. The molecule has 2 aromatic carbocycles. The second kappa shape index (κ2) is 6.63. The molecule has 26 heavy (non-hydrogen) atoms. The molecular weight excluding hydrogens is 369 g/mol. The van der Waals surface area contributed by atoms with Gasteiger partial charge in [0, 0.05) is 17.3 Å². The molecule has 1 unspecified atom stereocenters. The molecule has 4 rings (SSSR count). The predicted molar refractivity (Wildman–Crippen MR) is 105 cm³/mol. The molecule has 6 heteroatoms. The standard InChI is InChI=1S/C20H15Cl2N3O/c1-12-9-10-23-17(11-12)25-19(13-5-2-3-6-14(13)20(25)26)24-18-15(21)7-4-8-16(18)22/h2-11,19,24H,1H3. The number of benzene rings is 2. The third-order valence-corrected chi connectivity index (χ3v) is 4.98.